The number of carbonyl (C=O) groups excluding carboxylic acids is 2. The maximum atomic E-state index is 13.0. The largest absolute Gasteiger partial charge is 0.338 e. The van der Waals surface area contributed by atoms with Crippen LogP contribution in [0.25, 0.3) is 0 Å². The fourth-order valence-electron chi connectivity index (χ4n) is 2.97. The minimum Gasteiger partial charge on any atom is -0.338 e. The summed E-state index contributed by atoms with van der Waals surface area (Å²) in [6, 6.07) is 10.1. The highest BCUT2D eigenvalue weighted by Crippen LogP contribution is 2.22. The van der Waals surface area contributed by atoms with E-state index in [0.717, 1.165) is 27.9 Å². The van der Waals surface area contributed by atoms with Crippen molar-refractivity contribution in [1.29, 1.82) is 0 Å². The number of halogens is 1. The molecule has 0 unspecified atom stereocenters. The fraction of sp³-hybridized carbons (Fsp3) is 0.333. The Labute approximate surface area is 154 Å². The predicted octanol–water partition coefficient (Wildman–Crippen LogP) is 4.13. The fourth-order valence-corrected chi connectivity index (χ4v) is 2.97. The summed E-state index contributed by atoms with van der Waals surface area (Å²) in [7, 11) is 0. The summed E-state index contributed by atoms with van der Waals surface area (Å²) in [4.78, 5) is 25.8. The van der Waals surface area contributed by atoms with Gasteiger partial charge in [-0.25, -0.2) is 4.39 Å². The van der Waals surface area contributed by atoms with Crippen LogP contribution in [-0.2, 0) is 16.1 Å². The topological polar surface area (TPSA) is 49.4 Å². The van der Waals surface area contributed by atoms with Gasteiger partial charge in [0, 0.05) is 32.1 Å². The molecule has 0 aromatic heterocycles. The number of rotatable bonds is 6. The first-order valence-corrected chi connectivity index (χ1v) is 8.64. The summed E-state index contributed by atoms with van der Waals surface area (Å²) in [5.74, 6) is -0.568. The molecule has 0 spiro atoms. The third-order valence-electron chi connectivity index (χ3n) is 4.28. The molecule has 0 saturated carbocycles. The zero-order valence-electron chi connectivity index (χ0n) is 15.7. The van der Waals surface area contributed by atoms with E-state index in [1.807, 2.05) is 32.9 Å². The molecule has 0 fully saturated rings. The number of amides is 2. The molecule has 2 aromatic rings. The number of anilines is 1. The van der Waals surface area contributed by atoms with Crippen LogP contribution < -0.4 is 5.32 Å². The van der Waals surface area contributed by atoms with Crippen molar-refractivity contribution in [2.45, 2.75) is 40.7 Å². The molecule has 0 atom stereocenters. The molecule has 0 heterocycles. The molecule has 2 aromatic carbocycles. The lowest BCUT2D eigenvalue weighted by atomic mass is 10.0. The van der Waals surface area contributed by atoms with Gasteiger partial charge in [-0.15, -0.1) is 0 Å². The molecule has 1 N–H and O–H groups in total. The monoisotopic (exact) mass is 356 g/mol. The molecule has 0 bridgehead atoms. The lowest BCUT2D eigenvalue weighted by Crippen LogP contribution is -2.31. The number of aryl methyl sites for hydroxylation is 3. The average molecular weight is 356 g/mol. The molecule has 138 valence electrons. The van der Waals surface area contributed by atoms with Gasteiger partial charge < -0.3 is 10.2 Å². The highest BCUT2D eigenvalue weighted by molar-refractivity contribution is 5.92. The molecular weight excluding hydrogens is 331 g/mol. The first-order chi connectivity index (χ1) is 12.3. The summed E-state index contributed by atoms with van der Waals surface area (Å²) >= 11 is 0. The van der Waals surface area contributed by atoms with Gasteiger partial charge in [0.05, 0.1) is 0 Å². The van der Waals surface area contributed by atoms with Crippen LogP contribution in [0.1, 0.15) is 35.6 Å². The number of hydrogen-bond acceptors (Lipinski definition) is 2. The maximum Gasteiger partial charge on any atom is 0.226 e. The third-order valence-corrected chi connectivity index (χ3v) is 4.28. The molecule has 5 heteroatoms. The molecule has 2 amide bonds. The highest BCUT2D eigenvalue weighted by Gasteiger charge is 2.13. The molecule has 0 radical (unpaired) electrons. The van der Waals surface area contributed by atoms with Crippen molar-refractivity contribution in [2.75, 3.05) is 11.9 Å². The van der Waals surface area contributed by atoms with Gasteiger partial charge in [-0.05, 0) is 49.6 Å². The van der Waals surface area contributed by atoms with Crippen molar-refractivity contribution in [2.24, 2.45) is 0 Å². The lowest BCUT2D eigenvalue weighted by Gasteiger charge is -2.21. The number of nitrogens with one attached hydrogen (secondary N) is 1. The van der Waals surface area contributed by atoms with Crippen LogP contribution in [-0.4, -0.2) is 23.3 Å². The van der Waals surface area contributed by atoms with Gasteiger partial charge in [0.1, 0.15) is 5.82 Å². The Kier molecular flexibility index (Phi) is 6.50. The maximum absolute atomic E-state index is 13.0. The Balaban J connectivity index is 1.97. The number of nitrogens with zero attached hydrogens (tertiary/aromatic N) is 1. The van der Waals surface area contributed by atoms with E-state index in [0.29, 0.717) is 13.1 Å². The van der Waals surface area contributed by atoms with E-state index in [9.17, 15) is 14.0 Å². The molecule has 0 aliphatic rings. The van der Waals surface area contributed by atoms with Crippen LogP contribution in [0.2, 0.25) is 0 Å². The zero-order chi connectivity index (χ0) is 19.3. The van der Waals surface area contributed by atoms with Gasteiger partial charge in [-0.3, -0.25) is 9.59 Å². The van der Waals surface area contributed by atoms with E-state index in [2.05, 4.69) is 5.32 Å². The SMILES string of the molecule is CC(=O)N(CCC(=O)Nc1c(C)cc(C)cc1C)Cc1ccc(F)cc1. The summed E-state index contributed by atoms with van der Waals surface area (Å²) in [6.45, 7) is 8.08. The predicted molar refractivity (Wildman–Crippen MR) is 101 cm³/mol. The summed E-state index contributed by atoms with van der Waals surface area (Å²) in [5, 5.41) is 2.94. The number of carbonyl (C=O) groups is 2. The van der Waals surface area contributed by atoms with Crippen molar-refractivity contribution >= 4 is 17.5 Å². The van der Waals surface area contributed by atoms with Gasteiger partial charge in [-0.1, -0.05) is 29.8 Å². The molecule has 26 heavy (non-hydrogen) atoms. The second-order valence-electron chi connectivity index (χ2n) is 6.64. The third kappa shape index (κ3) is 5.41. The van der Waals surface area contributed by atoms with E-state index in [1.54, 1.807) is 17.0 Å². The molecule has 0 aliphatic heterocycles. The van der Waals surface area contributed by atoms with Crippen molar-refractivity contribution < 1.29 is 14.0 Å². The van der Waals surface area contributed by atoms with Crippen molar-refractivity contribution in [3.8, 4) is 0 Å². The van der Waals surface area contributed by atoms with E-state index < -0.39 is 0 Å². The van der Waals surface area contributed by atoms with E-state index >= 15 is 0 Å². The molecule has 0 aliphatic carbocycles. The summed E-state index contributed by atoms with van der Waals surface area (Å²) in [6.07, 6.45) is 0.202. The van der Waals surface area contributed by atoms with Crippen LogP contribution in [0, 0.1) is 26.6 Å². The van der Waals surface area contributed by atoms with Crippen molar-refractivity contribution in [3.05, 3.63) is 64.5 Å². The van der Waals surface area contributed by atoms with E-state index in [1.165, 1.54) is 19.1 Å². The lowest BCUT2D eigenvalue weighted by molar-refractivity contribution is -0.129. The van der Waals surface area contributed by atoms with Crippen LogP contribution in [0.5, 0.6) is 0 Å². The van der Waals surface area contributed by atoms with Gasteiger partial charge in [0.2, 0.25) is 11.8 Å². The van der Waals surface area contributed by atoms with Gasteiger partial charge in [0.25, 0.3) is 0 Å². The van der Waals surface area contributed by atoms with E-state index in [-0.39, 0.29) is 24.1 Å². The first-order valence-electron chi connectivity index (χ1n) is 8.64. The average Bonchev–Trinajstić information content (AvgIpc) is 2.56. The summed E-state index contributed by atoms with van der Waals surface area (Å²) < 4.78 is 13.0. The second kappa shape index (κ2) is 8.61. The van der Waals surface area contributed by atoms with Gasteiger partial charge in [0.15, 0.2) is 0 Å². The smallest absolute Gasteiger partial charge is 0.226 e. The van der Waals surface area contributed by atoms with Gasteiger partial charge >= 0.3 is 0 Å². The standard InChI is InChI=1S/C21H25FN2O2/c1-14-11-15(2)21(16(3)12-14)23-20(26)9-10-24(17(4)25)13-18-5-7-19(22)8-6-18/h5-8,11-12H,9-10,13H2,1-4H3,(H,23,26). The van der Waals surface area contributed by atoms with Crippen LogP contribution in [0.4, 0.5) is 10.1 Å². The number of benzene rings is 2. The molecule has 0 saturated heterocycles. The highest BCUT2D eigenvalue weighted by atomic mass is 19.1. The quantitative estimate of drug-likeness (QED) is 0.846. The van der Waals surface area contributed by atoms with E-state index in [4.69, 9.17) is 0 Å². The zero-order valence-corrected chi connectivity index (χ0v) is 15.7. The number of hydrogen-bond donors (Lipinski definition) is 1. The molecule has 2 rings (SSSR count). The first kappa shape index (κ1) is 19.6. The van der Waals surface area contributed by atoms with Crippen LogP contribution in [0.15, 0.2) is 36.4 Å². The molecular formula is C21H25FN2O2. The normalized spacial score (nSPS) is 10.5. The van der Waals surface area contributed by atoms with Gasteiger partial charge in [-0.2, -0.15) is 0 Å². The minimum absolute atomic E-state index is 0.121. The van der Waals surface area contributed by atoms with Crippen LogP contribution in [0.3, 0.4) is 0 Å². The second-order valence-corrected chi connectivity index (χ2v) is 6.64. The summed E-state index contributed by atoms with van der Waals surface area (Å²) in [5.41, 5.74) is 4.84. The van der Waals surface area contributed by atoms with Crippen LogP contribution >= 0.6 is 0 Å². The van der Waals surface area contributed by atoms with Crippen molar-refractivity contribution in [3.63, 3.8) is 0 Å². The Morgan fingerprint density at radius 2 is 1.62 bits per heavy atom. The Hall–Kier alpha value is -2.69. The molecule has 4 nitrogen and oxygen atoms in total. The Bertz CT molecular complexity index is 777. The Morgan fingerprint density at radius 3 is 2.15 bits per heavy atom. The Morgan fingerprint density at radius 1 is 1.04 bits per heavy atom. The minimum atomic E-state index is -0.314. The van der Waals surface area contributed by atoms with Crippen molar-refractivity contribution in [1.82, 2.24) is 4.90 Å².